The summed E-state index contributed by atoms with van der Waals surface area (Å²) in [6.07, 6.45) is 2.86. The highest BCUT2D eigenvalue weighted by Gasteiger charge is 2.05. The molecule has 2 aromatic rings. The van der Waals surface area contributed by atoms with Crippen molar-refractivity contribution in [1.82, 2.24) is 0 Å². The molecule has 0 heterocycles. The van der Waals surface area contributed by atoms with Gasteiger partial charge in [-0.15, -0.1) is 0 Å². The van der Waals surface area contributed by atoms with Crippen LogP contribution < -0.4 is 5.32 Å². The number of aliphatic imine (C=N–C) groups is 2. The molecule has 6 nitrogen and oxygen atoms in total. The third-order valence-corrected chi connectivity index (χ3v) is 2.60. The van der Waals surface area contributed by atoms with Gasteiger partial charge in [-0.2, -0.15) is 9.98 Å². The topological polar surface area (TPSA) is 88.0 Å². The van der Waals surface area contributed by atoms with Gasteiger partial charge >= 0.3 is 0 Å². The van der Waals surface area contributed by atoms with Gasteiger partial charge in [0.15, 0.2) is 0 Å². The molecule has 0 fully saturated rings. The minimum atomic E-state index is -0.303. The number of hydrogen-bond acceptors (Lipinski definition) is 5. The Balaban J connectivity index is 2.09. The monoisotopic (exact) mass is 279 g/mol. The molecule has 0 atom stereocenters. The lowest BCUT2D eigenvalue weighted by atomic mass is 10.2. The molecule has 0 aliphatic rings. The van der Waals surface area contributed by atoms with Gasteiger partial charge in [-0.1, -0.05) is 0 Å². The van der Waals surface area contributed by atoms with Crippen LogP contribution in [0.4, 0.5) is 17.1 Å². The lowest BCUT2D eigenvalue weighted by Gasteiger charge is -2.05. The molecular formula is C15H9N3O3. The van der Waals surface area contributed by atoms with Crippen molar-refractivity contribution in [3.63, 3.8) is 0 Å². The number of isocyanates is 2. The first-order chi connectivity index (χ1) is 10.2. The fourth-order valence-electron chi connectivity index (χ4n) is 1.62. The SMILES string of the molecule is O=C=Nc1ccc(NC(=O)c2ccc(N=C=O)cc2)cc1. The van der Waals surface area contributed by atoms with Gasteiger partial charge in [0.1, 0.15) is 0 Å². The van der Waals surface area contributed by atoms with E-state index in [1.807, 2.05) is 0 Å². The molecule has 0 aromatic heterocycles. The van der Waals surface area contributed by atoms with Gasteiger partial charge in [0.05, 0.1) is 11.4 Å². The van der Waals surface area contributed by atoms with Crippen molar-refractivity contribution in [2.45, 2.75) is 0 Å². The molecule has 0 saturated heterocycles. The molecule has 0 radical (unpaired) electrons. The molecule has 0 unspecified atom stereocenters. The summed E-state index contributed by atoms with van der Waals surface area (Å²) in [6, 6.07) is 12.6. The number of hydrogen-bond donors (Lipinski definition) is 1. The molecule has 21 heavy (non-hydrogen) atoms. The summed E-state index contributed by atoms with van der Waals surface area (Å²) in [5.41, 5.74) is 1.88. The van der Waals surface area contributed by atoms with Gasteiger partial charge in [-0.3, -0.25) is 4.79 Å². The first kappa shape index (κ1) is 14.1. The highest BCUT2D eigenvalue weighted by Crippen LogP contribution is 2.17. The van der Waals surface area contributed by atoms with Crippen LogP contribution in [-0.4, -0.2) is 18.1 Å². The summed E-state index contributed by atoms with van der Waals surface area (Å²) in [5.74, 6) is -0.303. The maximum Gasteiger partial charge on any atom is 0.255 e. The van der Waals surface area contributed by atoms with Crippen LogP contribution in [0.15, 0.2) is 58.5 Å². The zero-order valence-electron chi connectivity index (χ0n) is 10.7. The van der Waals surface area contributed by atoms with Crippen LogP contribution in [-0.2, 0) is 9.59 Å². The third kappa shape index (κ3) is 3.81. The molecule has 1 N–H and O–H groups in total. The number of rotatable bonds is 4. The summed E-state index contributed by atoms with van der Waals surface area (Å²) >= 11 is 0. The second kappa shape index (κ2) is 6.73. The predicted molar refractivity (Wildman–Crippen MR) is 76.4 cm³/mol. The number of anilines is 1. The molecule has 0 aliphatic carbocycles. The van der Waals surface area contributed by atoms with Crippen LogP contribution in [0.1, 0.15) is 10.4 Å². The van der Waals surface area contributed by atoms with Crippen LogP contribution in [0.2, 0.25) is 0 Å². The minimum absolute atomic E-state index is 0.303. The van der Waals surface area contributed by atoms with Gasteiger partial charge in [0.25, 0.3) is 5.91 Å². The molecule has 0 saturated carbocycles. The van der Waals surface area contributed by atoms with Crippen LogP contribution >= 0.6 is 0 Å². The van der Waals surface area contributed by atoms with Crippen molar-refractivity contribution in [2.75, 3.05) is 5.32 Å². The van der Waals surface area contributed by atoms with Crippen LogP contribution in [0.3, 0.4) is 0 Å². The summed E-state index contributed by atoms with van der Waals surface area (Å²) < 4.78 is 0. The van der Waals surface area contributed by atoms with Crippen molar-refractivity contribution in [2.24, 2.45) is 9.98 Å². The minimum Gasteiger partial charge on any atom is -0.322 e. The average molecular weight is 279 g/mol. The highest BCUT2D eigenvalue weighted by molar-refractivity contribution is 6.04. The van der Waals surface area contributed by atoms with E-state index < -0.39 is 0 Å². The van der Waals surface area contributed by atoms with E-state index in [1.54, 1.807) is 48.5 Å². The normalized spacial score (nSPS) is 9.14. The Morgan fingerprint density at radius 2 is 1.29 bits per heavy atom. The third-order valence-electron chi connectivity index (χ3n) is 2.60. The lowest BCUT2D eigenvalue weighted by molar-refractivity contribution is 0.102. The van der Waals surface area contributed by atoms with Gasteiger partial charge in [0.2, 0.25) is 12.2 Å². The zero-order valence-corrected chi connectivity index (χ0v) is 10.7. The Bertz CT molecular complexity index is 739. The molecule has 0 bridgehead atoms. The van der Waals surface area contributed by atoms with Crippen molar-refractivity contribution in [3.05, 3.63) is 54.1 Å². The average Bonchev–Trinajstić information content (AvgIpc) is 2.50. The van der Waals surface area contributed by atoms with E-state index in [2.05, 4.69) is 15.3 Å². The first-order valence-corrected chi connectivity index (χ1v) is 5.90. The second-order valence-corrected chi connectivity index (χ2v) is 3.95. The van der Waals surface area contributed by atoms with Crippen molar-refractivity contribution < 1.29 is 14.4 Å². The summed E-state index contributed by atoms with van der Waals surface area (Å²) in [7, 11) is 0. The van der Waals surface area contributed by atoms with E-state index in [0.717, 1.165) is 0 Å². The van der Waals surface area contributed by atoms with E-state index in [4.69, 9.17) is 0 Å². The molecular weight excluding hydrogens is 270 g/mol. The molecule has 6 heteroatoms. The number of carbonyl (C=O) groups is 1. The van der Waals surface area contributed by atoms with Crippen LogP contribution in [0, 0.1) is 0 Å². The fourth-order valence-corrected chi connectivity index (χ4v) is 1.62. The number of nitrogens with one attached hydrogen (secondary N) is 1. The standard InChI is InChI=1S/C15H9N3O3/c19-9-16-12-3-1-11(2-4-12)15(21)18-14-7-5-13(6-8-14)17-10-20/h1-8H,(H,18,21). The molecule has 102 valence electrons. The molecule has 0 spiro atoms. The molecule has 1 amide bonds. The van der Waals surface area contributed by atoms with Gasteiger partial charge < -0.3 is 5.32 Å². The fraction of sp³-hybridized carbons (Fsp3) is 0. The number of nitrogens with zero attached hydrogens (tertiary/aromatic N) is 2. The maximum absolute atomic E-state index is 12.0. The van der Waals surface area contributed by atoms with E-state index >= 15 is 0 Å². The van der Waals surface area contributed by atoms with Crippen molar-refractivity contribution >= 4 is 35.1 Å². The van der Waals surface area contributed by atoms with Crippen molar-refractivity contribution in [1.29, 1.82) is 0 Å². The molecule has 2 aromatic carbocycles. The van der Waals surface area contributed by atoms with Gasteiger partial charge in [-0.25, -0.2) is 9.59 Å². The van der Waals surface area contributed by atoms with Crippen LogP contribution in [0.5, 0.6) is 0 Å². The summed E-state index contributed by atoms with van der Waals surface area (Å²) in [5, 5.41) is 2.69. The molecule has 2 rings (SSSR count). The highest BCUT2D eigenvalue weighted by atomic mass is 16.1. The zero-order chi connectivity index (χ0) is 15.1. The van der Waals surface area contributed by atoms with Crippen molar-refractivity contribution in [3.8, 4) is 0 Å². The van der Waals surface area contributed by atoms with Crippen LogP contribution in [0.25, 0.3) is 0 Å². The number of carbonyl (C=O) groups excluding carboxylic acids is 3. The smallest absolute Gasteiger partial charge is 0.255 e. The molecule has 0 aliphatic heterocycles. The Morgan fingerprint density at radius 1 is 0.810 bits per heavy atom. The van der Waals surface area contributed by atoms with E-state index in [0.29, 0.717) is 22.6 Å². The first-order valence-electron chi connectivity index (χ1n) is 5.90. The van der Waals surface area contributed by atoms with Gasteiger partial charge in [0, 0.05) is 11.3 Å². The Hall–Kier alpha value is -3.33. The van der Waals surface area contributed by atoms with Gasteiger partial charge in [-0.05, 0) is 48.5 Å². The maximum atomic E-state index is 12.0. The van der Waals surface area contributed by atoms with E-state index in [1.165, 1.54) is 12.2 Å². The quantitative estimate of drug-likeness (QED) is 0.689. The Morgan fingerprint density at radius 3 is 1.76 bits per heavy atom. The summed E-state index contributed by atoms with van der Waals surface area (Å²) in [4.78, 5) is 39.1. The second-order valence-electron chi connectivity index (χ2n) is 3.95. The Labute approximate surface area is 119 Å². The predicted octanol–water partition coefficient (Wildman–Crippen LogP) is 2.87. The Kier molecular flexibility index (Phi) is 4.51. The lowest BCUT2D eigenvalue weighted by Crippen LogP contribution is -2.11. The number of amides is 1. The summed E-state index contributed by atoms with van der Waals surface area (Å²) in [6.45, 7) is 0. The largest absolute Gasteiger partial charge is 0.322 e. The number of benzene rings is 2. The van der Waals surface area contributed by atoms with E-state index in [9.17, 15) is 14.4 Å². The van der Waals surface area contributed by atoms with E-state index in [-0.39, 0.29) is 5.91 Å².